The summed E-state index contributed by atoms with van der Waals surface area (Å²) in [7, 11) is 1.23. The predicted molar refractivity (Wildman–Crippen MR) is 126 cm³/mol. The number of carbonyl (C=O) groups excluding carboxylic acids is 2. The number of thioether (sulfide) groups is 1. The number of carbonyl (C=O) groups is 2. The van der Waals surface area contributed by atoms with Crippen LogP contribution in [-0.2, 0) is 9.53 Å². The van der Waals surface area contributed by atoms with Crippen molar-refractivity contribution in [2.45, 2.75) is 6.92 Å². The van der Waals surface area contributed by atoms with E-state index in [0.29, 0.717) is 16.5 Å². The zero-order valence-corrected chi connectivity index (χ0v) is 19.5. The van der Waals surface area contributed by atoms with Crippen molar-refractivity contribution in [3.05, 3.63) is 70.0 Å². The summed E-state index contributed by atoms with van der Waals surface area (Å²) in [6, 6.07) is 16.6. The number of halogens is 1. The van der Waals surface area contributed by atoms with Gasteiger partial charge in [-0.25, -0.2) is 14.5 Å². The van der Waals surface area contributed by atoms with E-state index in [1.165, 1.54) is 28.5 Å². The van der Waals surface area contributed by atoms with Gasteiger partial charge in [0.05, 0.1) is 24.2 Å². The van der Waals surface area contributed by atoms with E-state index in [9.17, 15) is 14.9 Å². The number of methoxy groups -OCH3 is 1. The molecule has 160 valence electrons. The van der Waals surface area contributed by atoms with Crippen molar-refractivity contribution in [2.75, 3.05) is 17.8 Å². The number of nitriles is 1. The second-order valence-electron chi connectivity index (χ2n) is 6.79. The molecule has 0 unspecified atom stereocenters. The van der Waals surface area contributed by atoms with E-state index in [2.05, 4.69) is 26.0 Å². The lowest BCUT2D eigenvalue weighted by Crippen LogP contribution is -2.31. The number of aliphatic imine (C=N–C) groups is 1. The van der Waals surface area contributed by atoms with Crippen molar-refractivity contribution < 1.29 is 14.3 Å². The standard InChI is InChI=1S/C22H16BrN5O3S/c1-13-6-8-15(9-7-13)25-22-27(18(29)12-32-22)19-17(11-24)26-28(20(19)21(30)31-2)16-5-3-4-14(23)10-16/h3-10H,12H2,1-2H3. The van der Waals surface area contributed by atoms with Crippen LogP contribution in [0.2, 0.25) is 0 Å². The van der Waals surface area contributed by atoms with Crippen LogP contribution in [0.15, 0.2) is 58.0 Å². The number of nitrogens with zero attached hydrogens (tertiary/aromatic N) is 5. The second-order valence-corrected chi connectivity index (χ2v) is 8.65. The van der Waals surface area contributed by atoms with Gasteiger partial charge >= 0.3 is 5.97 Å². The summed E-state index contributed by atoms with van der Waals surface area (Å²) in [6.07, 6.45) is 0. The quantitative estimate of drug-likeness (QED) is 0.484. The van der Waals surface area contributed by atoms with E-state index in [4.69, 9.17) is 4.74 Å². The first-order valence-electron chi connectivity index (χ1n) is 9.41. The summed E-state index contributed by atoms with van der Waals surface area (Å²) in [5, 5.41) is 14.5. The monoisotopic (exact) mass is 509 g/mol. The molecule has 2 heterocycles. The molecule has 1 aromatic heterocycles. The van der Waals surface area contributed by atoms with Crippen LogP contribution in [0.25, 0.3) is 5.69 Å². The number of amides is 1. The van der Waals surface area contributed by atoms with Gasteiger partial charge in [-0.05, 0) is 37.3 Å². The van der Waals surface area contributed by atoms with Gasteiger partial charge < -0.3 is 4.74 Å². The van der Waals surface area contributed by atoms with Crippen LogP contribution in [-0.4, -0.2) is 39.7 Å². The molecule has 10 heteroatoms. The average Bonchev–Trinajstić information content (AvgIpc) is 3.34. The van der Waals surface area contributed by atoms with Crippen molar-refractivity contribution in [3.8, 4) is 11.8 Å². The molecule has 1 saturated heterocycles. The first-order valence-corrected chi connectivity index (χ1v) is 11.2. The minimum absolute atomic E-state index is 0.0328. The number of ether oxygens (including phenoxy) is 1. The van der Waals surface area contributed by atoms with Gasteiger partial charge in [0.15, 0.2) is 16.6 Å². The summed E-state index contributed by atoms with van der Waals surface area (Å²) in [4.78, 5) is 31.6. The Hall–Kier alpha value is -3.42. The third-order valence-corrected chi connectivity index (χ3v) is 6.06. The van der Waals surface area contributed by atoms with Crippen LogP contribution in [0.4, 0.5) is 11.4 Å². The third-order valence-electron chi connectivity index (χ3n) is 4.65. The molecule has 32 heavy (non-hydrogen) atoms. The Kier molecular flexibility index (Phi) is 6.12. The molecule has 0 bridgehead atoms. The average molecular weight is 510 g/mol. The number of hydrogen-bond acceptors (Lipinski definition) is 7. The number of rotatable bonds is 4. The fraction of sp³-hybridized carbons (Fsp3) is 0.136. The number of amidine groups is 1. The highest BCUT2D eigenvalue weighted by Gasteiger charge is 2.38. The van der Waals surface area contributed by atoms with Crippen LogP contribution in [0.5, 0.6) is 0 Å². The van der Waals surface area contributed by atoms with Gasteiger partial charge in [-0.3, -0.25) is 9.69 Å². The fourth-order valence-corrected chi connectivity index (χ4v) is 4.43. The summed E-state index contributed by atoms with van der Waals surface area (Å²) < 4.78 is 7.05. The first-order chi connectivity index (χ1) is 15.4. The lowest BCUT2D eigenvalue weighted by molar-refractivity contribution is -0.115. The number of aromatic nitrogens is 2. The van der Waals surface area contributed by atoms with Crippen LogP contribution >= 0.6 is 27.7 Å². The molecule has 0 atom stereocenters. The molecule has 0 aliphatic carbocycles. The van der Waals surface area contributed by atoms with Crippen molar-refractivity contribution in [1.82, 2.24) is 9.78 Å². The van der Waals surface area contributed by atoms with Gasteiger partial charge in [0.25, 0.3) is 0 Å². The molecule has 4 rings (SSSR count). The van der Waals surface area contributed by atoms with E-state index < -0.39 is 5.97 Å². The molecular formula is C22H16BrN5O3S. The molecule has 0 saturated carbocycles. The number of benzene rings is 2. The number of anilines is 1. The summed E-state index contributed by atoms with van der Waals surface area (Å²) >= 11 is 4.63. The number of aryl methyl sites for hydroxylation is 1. The topological polar surface area (TPSA) is 101 Å². The molecule has 1 amide bonds. The minimum Gasteiger partial charge on any atom is -0.464 e. The van der Waals surface area contributed by atoms with Gasteiger partial charge in [0.1, 0.15) is 11.8 Å². The highest BCUT2D eigenvalue weighted by Crippen LogP contribution is 2.35. The van der Waals surface area contributed by atoms with E-state index in [-0.39, 0.29) is 28.7 Å². The Morgan fingerprint density at radius 1 is 1.28 bits per heavy atom. The van der Waals surface area contributed by atoms with Crippen molar-refractivity contribution in [2.24, 2.45) is 4.99 Å². The number of esters is 1. The van der Waals surface area contributed by atoms with E-state index in [0.717, 1.165) is 10.0 Å². The Labute approximate surface area is 196 Å². The maximum absolute atomic E-state index is 12.9. The zero-order valence-electron chi connectivity index (χ0n) is 17.1. The third kappa shape index (κ3) is 4.04. The fourth-order valence-electron chi connectivity index (χ4n) is 3.17. The van der Waals surface area contributed by atoms with E-state index >= 15 is 0 Å². The number of hydrogen-bond donors (Lipinski definition) is 0. The van der Waals surface area contributed by atoms with Gasteiger partial charge in [-0.1, -0.05) is 51.5 Å². The summed E-state index contributed by atoms with van der Waals surface area (Å²) in [5.41, 5.74) is 2.19. The van der Waals surface area contributed by atoms with E-state index in [1.807, 2.05) is 43.3 Å². The first kappa shape index (κ1) is 21.8. The van der Waals surface area contributed by atoms with Crippen LogP contribution in [0.3, 0.4) is 0 Å². The maximum atomic E-state index is 12.9. The zero-order chi connectivity index (χ0) is 22.8. The normalized spacial score (nSPS) is 14.6. The van der Waals surface area contributed by atoms with Crippen LogP contribution in [0, 0.1) is 18.3 Å². The summed E-state index contributed by atoms with van der Waals surface area (Å²) in [6.45, 7) is 1.97. The van der Waals surface area contributed by atoms with E-state index in [1.54, 1.807) is 18.2 Å². The summed E-state index contributed by atoms with van der Waals surface area (Å²) in [5.74, 6) is -0.914. The Morgan fingerprint density at radius 2 is 2.03 bits per heavy atom. The van der Waals surface area contributed by atoms with Crippen LogP contribution in [0.1, 0.15) is 21.7 Å². The molecular weight excluding hydrogens is 494 g/mol. The molecule has 3 aromatic rings. The molecule has 0 radical (unpaired) electrons. The SMILES string of the molecule is COC(=O)c1c(N2C(=O)CSC2=Nc2ccc(C)cc2)c(C#N)nn1-c1cccc(Br)c1. The predicted octanol–water partition coefficient (Wildman–Crippen LogP) is 4.37. The lowest BCUT2D eigenvalue weighted by Gasteiger charge is -2.17. The van der Waals surface area contributed by atoms with Gasteiger partial charge in [0, 0.05) is 4.47 Å². The second kappa shape index (κ2) is 8.98. The van der Waals surface area contributed by atoms with Gasteiger partial charge in [-0.15, -0.1) is 0 Å². The minimum atomic E-state index is -0.728. The maximum Gasteiger partial charge on any atom is 0.359 e. The molecule has 1 aliphatic heterocycles. The van der Waals surface area contributed by atoms with Crippen molar-refractivity contribution in [3.63, 3.8) is 0 Å². The molecule has 1 aliphatic rings. The largest absolute Gasteiger partial charge is 0.464 e. The molecule has 2 aromatic carbocycles. The Bertz CT molecular complexity index is 1290. The molecule has 0 spiro atoms. The van der Waals surface area contributed by atoms with Gasteiger partial charge in [0.2, 0.25) is 5.91 Å². The van der Waals surface area contributed by atoms with Crippen molar-refractivity contribution in [1.29, 1.82) is 5.26 Å². The van der Waals surface area contributed by atoms with Crippen molar-refractivity contribution >= 4 is 56.1 Å². The smallest absolute Gasteiger partial charge is 0.359 e. The molecule has 0 N–H and O–H groups in total. The molecule has 8 nitrogen and oxygen atoms in total. The highest BCUT2D eigenvalue weighted by atomic mass is 79.9. The lowest BCUT2D eigenvalue weighted by atomic mass is 10.2. The Balaban J connectivity index is 1.93. The van der Waals surface area contributed by atoms with Crippen LogP contribution < -0.4 is 4.90 Å². The Morgan fingerprint density at radius 3 is 2.69 bits per heavy atom. The van der Waals surface area contributed by atoms with Gasteiger partial charge in [-0.2, -0.15) is 10.4 Å². The molecule has 1 fully saturated rings. The highest BCUT2D eigenvalue weighted by molar-refractivity contribution is 9.10.